The van der Waals surface area contributed by atoms with Gasteiger partial charge in [-0.3, -0.25) is 4.79 Å². The highest BCUT2D eigenvalue weighted by atomic mass is 16.2. The van der Waals surface area contributed by atoms with Crippen molar-refractivity contribution in [3.05, 3.63) is 35.9 Å². The van der Waals surface area contributed by atoms with Crippen molar-refractivity contribution in [3.8, 4) is 0 Å². The molecule has 0 N–H and O–H groups in total. The lowest BCUT2D eigenvalue weighted by Gasteiger charge is -2.16. The van der Waals surface area contributed by atoms with Crippen LogP contribution >= 0.6 is 0 Å². The van der Waals surface area contributed by atoms with Gasteiger partial charge in [-0.1, -0.05) is 30.3 Å². The number of carbonyl (C=O) groups excluding carboxylic acids is 1. The van der Waals surface area contributed by atoms with E-state index in [2.05, 4.69) is 17.0 Å². The van der Waals surface area contributed by atoms with Crippen LogP contribution in [-0.2, 0) is 11.2 Å². The second-order valence-electron chi connectivity index (χ2n) is 5.71. The first-order valence-electron chi connectivity index (χ1n) is 7.14. The van der Waals surface area contributed by atoms with Gasteiger partial charge in [0.25, 0.3) is 0 Å². The molecule has 96 valence electrons. The summed E-state index contributed by atoms with van der Waals surface area (Å²) in [4.78, 5) is 14.2. The lowest BCUT2D eigenvalue weighted by molar-refractivity contribution is -0.130. The van der Waals surface area contributed by atoms with Crippen molar-refractivity contribution in [1.82, 2.24) is 4.90 Å². The highest BCUT2D eigenvalue weighted by Gasteiger charge is 2.36. The summed E-state index contributed by atoms with van der Waals surface area (Å²) in [5.41, 5.74) is 1.27. The maximum Gasteiger partial charge on any atom is 0.222 e. The molecule has 1 heterocycles. The molecular formula is C16H21NO. The van der Waals surface area contributed by atoms with E-state index >= 15 is 0 Å². The summed E-state index contributed by atoms with van der Waals surface area (Å²) in [5.74, 6) is 2.10. The normalized spacial score (nSPS) is 23.3. The van der Waals surface area contributed by atoms with Crippen molar-refractivity contribution in [2.45, 2.75) is 32.1 Å². The number of hydrogen-bond donors (Lipinski definition) is 0. The third-order valence-electron chi connectivity index (χ3n) is 4.34. The van der Waals surface area contributed by atoms with Crippen molar-refractivity contribution >= 4 is 5.91 Å². The molecule has 0 bridgehead atoms. The Hall–Kier alpha value is -1.31. The number of carbonyl (C=O) groups is 1. The van der Waals surface area contributed by atoms with Gasteiger partial charge < -0.3 is 4.90 Å². The van der Waals surface area contributed by atoms with Crippen LogP contribution in [0.2, 0.25) is 0 Å². The van der Waals surface area contributed by atoms with E-state index < -0.39 is 0 Å². The highest BCUT2D eigenvalue weighted by molar-refractivity contribution is 5.76. The molecule has 2 nitrogen and oxygen atoms in total. The Balaban J connectivity index is 1.47. The summed E-state index contributed by atoms with van der Waals surface area (Å²) >= 11 is 0. The minimum absolute atomic E-state index is 0.349. The SMILES string of the molecule is O=C(CCc1ccccc1)N1CCC(C2CC2)C1. The van der Waals surface area contributed by atoms with Crippen LogP contribution in [0.15, 0.2) is 30.3 Å². The van der Waals surface area contributed by atoms with E-state index in [1.165, 1.54) is 24.8 Å². The Morgan fingerprint density at radius 3 is 2.61 bits per heavy atom. The summed E-state index contributed by atoms with van der Waals surface area (Å²) in [6.45, 7) is 2.02. The molecule has 2 fully saturated rings. The van der Waals surface area contributed by atoms with Crippen molar-refractivity contribution in [2.24, 2.45) is 11.8 Å². The Labute approximate surface area is 109 Å². The molecular weight excluding hydrogens is 222 g/mol. The topological polar surface area (TPSA) is 20.3 Å². The fraction of sp³-hybridized carbons (Fsp3) is 0.562. The molecule has 1 saturated heterocycles. The second-order valence-corrected chi connectivity index (χ2v) is 5.71. The summed E-state index contributed by atoms with van der Waals surface area (Å²) < 4.78 is 0. The fourth-order valence-electron chi connectivity index (χ4n) is 3.02. The molecule has 1 unspecified atom stereocenters. The van der Waals surface area contributed by atoms with E-state index in [-0.39, 0.29) is 0 Å². The van der Waals surface area contributed by atoms with Crippen LogP contribution in [0.4, 0.5) is 0 Å². The van der Waals surface area contributed by atoms with E-state index in [9.17, 15) is 4.79 Å². The molecule has 2 heteroatoms. The molecule has 1 atom stereocenters. The van der Waals surface area contributed by atoms with Crippen molar-refractivity contribution < 1.29 is 4.79 Å². The molecule has 1 aliphatic heterocycles. The molecule has 0 aromatic heterocycles. The maximum atomic E-state index is 12.1. The van der Waals surface area contributed by atoms with Crippen molar-refractivity contribution in [3.63, 3.8) is 0 Å². The van der Waals surface area contributed by atoms with E-state index in [4.69, 9.17) is 0 Å². The zero-order valence-corrected chi connectivity index (χ0v) is 10.8. The Morgan fingerprint density at radius 1 is 1.11 bits per heavy atom. The standard InChI is InChI=1S/C16H21NO/c18-16(9-6-13-4-2-1-3-5-13)17-11-10-15(12-17)14-7-8-14/h1-5,14-15H,6-12H2. The molecule has 3 rings (SSSR count). The maximum absolute atomic E-state index is 12.1. The number of likely N-dealkylation sites (tertiary alicyclic amines) is 1. The molecule has 0 spiro atoms. The summed E-state index contributed by atoms with van der Waals surface area (Å²) in [6, 6.07) is 10.3. The quantitative estimate of drug-likeness (QED) is 0.796. The number of rotatable bonds is 4. The van der Waals surface area contributed by atoms with Gasteiger partial charge in [0.1, 0.15) is 0 Å². The lowest BCUT2D eigenvalue weighted by Crippen LogP contribution is -2.29. The monoisotopic (exact) mass is 243 g/mol. The number of amides is 1. The van der Waals surface area contributed by atoms with Crippen LogP contribution in [-0.4, -0.2) is 23.9 Å². The molecule has 1 aromatic carbocycles. The molecule has 1 aromatic rings. The number of benzene rings is 1. The molecule has 18 heavy (non-hydrogen) atoms. The predicted molar refractivity (Wildman–Crippen MR) is 72.2 cm³/mol. The van der Waals surface area contributed by atoms with Gasteiger partial charge in [-0.15, -0.1) is 0 Å². The van der Waals surface area contributed by atoms with Gasteiger partial charge >= 0.3 is 0 Å². The average Bonchev–Trinajstić information content (AvgIpc) is 3.15. The second kappa shape index (κ2) is 5.13. The van der Waals surface area contributed by atoms with Crippen LogP contribution in [0.1, 0.15) is 31.2 Å². The van der Waals surface area contributed by atoms with Gasteiger partial charge in [-0.2, -0.15) is 0 Å². The van der Waals surface area contributed by atoms with Crippen molar-refractivity contribution in [2.75, 3.05) is 13.1 Å². The summed E-state index contributed by atoms with van der Waals surface area (Å²) in [7, 11) is 0. The number of hydrogen-bond acceptors (Lipinski definition) is 1. The molecule has 1 amide bonds. The van der Waals surface area contributed by atoms with Crippen LogP contribution in [0.25, 0.3) is 0 Å². The van der Waals surface area contributed by atoms with Crippen LogP contribution < -0.4 is 0 Å². The minimum Gasteiger partial charge on any atom is -0.342 e. The van der Waals surface area contributed by atoms with Crippen LogP contribution in [0.5, 0.6) is 0 Å². The largest absolute Gasteiger partial charge is 0.342 e. The summed E-state index contributed by atoms with van der Waals surface area (Å²) in [6.07, 6.45) is 5.58. The Morgan fingerprint density at radius 2 is 1.89 bits per heavy atom. The molecule has 1 saturated carbocycles. The lowest BCUT2D eigenvalue weighted by atomic mass is 10.0. The van der Waals surface area contributed by atoms with Gasteiger partial charge in [0.15, 0.2) is 0 Å². The zero-order chi connectivity index (χ0) is 12.4. The third kappa shape index (κ3) is 2.74. The van der Waals surface area contributed by atoms with Gasteiger partial charge in [0, 0.05) is 19.5 Å². The fourth-order valence-corrected chi connectivity index (χ4v) is 3.02. The third-order valence-corrected chi connectivity index (χ3v) is 4.34. The Bertz CT molecular complexity index is 410. The number of aryl methyl sites for hydroxylation is 1. The van der Waals surface area contributed by atoms with Crippen LogP contribution in [0, 0.1) is 11.8 Å². The highest BCUT2D eigenvalue weighted by Crippen LogP contribution is 2.41. The molecule has 1 aliphatic carbocycles. The first kappa shape index (κ1) is 11.8. The first-order valence-corrected chi connectivity index (χ1v) is 7.14. The van der Waals surface area contributed by atoms with Crippen molar-refractivity contribution in [1.29, 1.82) is 0 Å². The van der Waals surface area contributed by atoms with E-state index in [0.717, 1.165) is 31.3 Å². The van der Waals surface area contributed by atoms with Gasteiger partial charge in [0.2, 0.25) is 5.91 Å². The van der Waals surface area contributed by atoms with Gasteiger partial charge in [-0.25, -0.2) is 0 Å². The average molecular weight is 243 g/mol. The van der Waals surface area contributed by atoms with Gasteiger partial charge in [0.05, 0.1) is 0 Å². The summed E-state index contributed by atoms with van der Waals surface area (Å²) in [5, 5.41) is 0. The van der Waals surface area contributed by atoms with E-state index in [1.807, 2.05) is 18.2 Å². The molecule has 2 aliphatic rings. The minimum atomic E-state index is 0.349. The first-order chi connectivity index (χ1) is 8.83. The smallest absolute Gasteiger partial charge is 0.222 e. The van der Waals surface area contributed by atoms with Gasteiger partial charge in [-0.05, 0) is 43.1 Å². The Kier molecular flexibility index (Phi) is 3.35. The van der Waals surface area contributed by atoms with Crippen LogP contribution in [0.3, 0.4) is 0 Å². The van der Waals surface area contributed by atoms with E-state index in [0.29, 0.717) is 12.3 Å². The predicted octanol–water partition coefficient (Wildman–Crippen LogP) is 2.88. The zero-order valence-electron chi connectivity index (χ0n) is 10.8. The van der Waals surface area contributed by atoms with E-state index in [1.54, 1.807) is 0 Å². The number of nitrogens with zero attached hydrogens (tertiary/aromatic N) is 1. The molecule has 0 radical (unpaired) electrons.